The van der Waals surface area contributed by atoms with Crippen LogP contribution in [-0.4, -0.2) is 26.9 Å². The number of rotatable bonds is 4. The first-order valence-electron chi connectivity index (χ1n) is 8.72. The van der Waals surface area contributed by atoms with Crippen molar-refractivity contribution >= 4 is 17.9 Å². The maximum atomic E-state index is 12.3. The first-order chi connectivity index (χ1) is 13.2. The van der Waals surface area contributed by atoms with Crippen LogP contribution in [0.5, 0.6) is 5.75 Å². The molecule has 2 N–H and O–H groups in total. The molecule has 0 radical (unpaired) electrons. The van der Waals surface area contributed by atoms with Gasteiger partial charge in [-0.25, -0.2) is 14.3 Å². The van der Waals surface area contributed by atoms with Crippen LogP contribution in [0.3, 0.4) is 0 Å². The van der Waals surface area contributed by atoms with Crippen molar-refractivity contribution in [2.75, 3.05) is 5.32 Å². The third kappa shape index (κ3) is 4.37. The smallest absolute Gasteiger partial charge is 0.418 e. The first-order valence-corrected chi connectivity index (χ1v) is 8.72. The molecule has 2 aromatic carbocycles. The third-order valence-corrected chi connectivity index (χ3v) is 4.02. The van der Waals surface area contributed by atoms with Gasteiger partial charge in [-0.1, -0.05) is 39.0 Å². The van der Waals surface area contributed by atoms with Crippen LogP contribution in [0.2, 0.25) is 0 Å². The van der Waals surface area contributed by atoms with Gasteiger partial charge < -0.3 is 9.84 Å². The molecule has 1 heterocycles. The molecule has 0 aliphatic carbocycles. The minimum Gasteiger partial charge on any atom is -0.478 e. The maximum Gasteiger partial charge on any atom is 0.418 e. The molecule has 3 rings (SSSR count). The number of aromatic nitrogens is 2. The second-order valence-electron chi connectivity index (χ2n) is 7.26. The van der Waals surface area contributed by atoms with Gasteiger partial charge in [0.2, 0.25) is 0 Å². The molecule has 0 aliphatic heterocycles. The summed E-state index contributed by atoms with van der Waals surface area (Å²) in [5.41, 5.74) is 1.32. The van der Waals surface area contributed by atoms with Gasteiger partial charge in [-0.3, -0.25) is 5.32 Å². The maximum absolute atomic E-state index is 12.3. The van der Waals surface area contributed by atoms with Crippen LogP contribution >= 0.6 is 0 Å². The molecule has 144 valence electrons. The van der Waals surface area contributed by atoms with E-state index in [2.05, 4.69) is 10.4 Å². The van der Waals surface area contributed by atoms with E-state index in [1.165, 1.54) is 12.1 Å². The zero-order valence-electron chi connectivity index (χ0n) is 15.8. The van der Waals surface area contributed by atoms with Crippen molar-refractivity contribution < 1.29 is 19.4 Å². The van der Waals surface area contributed by atoms with Gasteiger partial charge in [-0.15, -0.1) is 0 Å². The molecule has 0 bridgehead atoms. The highest BCUT2D eigenvalue weighted by molar-refractivity contribution is 5.88. The lowest BCUT2D eigenvalue weighted by Crippen LogP contribution is -2.19. The summed E-state index contributed by atoms with van der Waals surface area (Å²) in [5, 5.41) is 16.4. The van der Waals surface area contributed by atoms with E-state index in [-0.39, 0.29) is 11.0 Å². The first kappa shape index (κ1) is 19.2. The highest BCUT2D eigenvalue weighted by atomic mass is 16.6. The van der Waals surface area contributed by atoms with E-state index in [9.17, 15) is 9.59 Å². The Bertz CT molecular complexity index is 987. The van der Waals surface area contributed by atoms with E-state index < -0.39 is 12.1 Å². The number of carbonyl (C=O) groups is 2. The second-order valence-corrected chi connectivity index (χ2v) is 7.26. The molecular formula is C21H21N3O4. The van der Waals surface area contributed by atoms with Crippen LogP contribution in [0.15, 0.2) is 60.7 Å². The Morgan fingerprint density at radius 1 is 1.04 bits per heavy atom. The fourth-order valence-corrected chi connectivity index (χ4v) is 2.50. The topological polar surface area (TPSA) is 93.5 Å². The number of aromatic carboxylic acids is 1. The van der Waals surface area contributed by atoms with Crippen molar-refractivity contribution in [3.63, 3.8) is 0 Å². The molecule has 0 saturated heterocycles. The number of nitrogens with one attached hydrogen (secondary N) is 1. The molecule has 0 fully saturated rings. The highest BCUT2D eigenvalue weighted by Crippen LogP contribution is 2.26. The van der Waals surface area contributed by atoms with E-state index >= 15 is 0 Å². The fraction of sp³-hybridized carbons (Fsp3) is 0.190. The molecule has 7 nitrogen and oxygen atoms in total. The van der Waals surface area contributed by atoms with Gasteiger partial charge in [0, 0.05) is 11.5 Å². The number of hydrogen-bond donors (Lipinski definition) is 2. The summed E-state index contributed by atoms with van der Waals surface area (Å²) < 4.78 is 6.84. The Kier molecular flexibility index (Phi) is 5.17. The third-order valence-electron chi connectivity index (χ3n) is 4.02. The zero-order valence-corrected chi connectivity index (χ0v) is 15.8. The van der Waals surface area contributed by atoms with Crippen molar-refractivity contribution in [3.05, 3.63) is 71.9 Å². The number of anilines is 1. The zero-order chi connectivity index (χ0) is 20.3. The highest BCUT2D eigenvalue weighted by Gasteiger charge is 2.22. The summed E-state index contributed by atoms with van der Waals surface area (Å²) in [4.78, 5) is 23.4. The van der Waals surface area contributed by atoms with Crippen LogP contribution in [0.1, 0.15) is 36.8 Å². The Morgan fingerprint density at radius 3 is 2.25 bits per heavy atom. The van der Waals surface area contributed by atoms with Crippen LogP contribution in [0, 0.1) is 0 Å². The van der Waals surface area contributed by atoms with Gasteiger partial charge in [0.25, 0.3) is 0 Å². The minimum atomic E-state index is -1.01. The summed E-state index contributed by atoms with van der Waals surface area (Å²) in [5.74, 6) is -0.158. The molecule has 28 heavy (non-hydrogen) atoms. The Balaban J connectivity index is 1.91. The number of ether oxygens (including phenoxy) is 1. The van der Waals surface area contributed by atoms with E-state index in [4.69, 9.17) is 9.84 Å². The monoisotopic (exact) mass is 379 g/mol. The molecule has 0 spiro atoms. The number of amides is 1. The van der Waals surface area contributed by atoms with E-state index in [0.717, 1.165) is 5.69 Å². The molecule has 0 aliphatic rings. The second kappa shape index (κ2) is 7.56. The molecule has 0 unspecified atom stereocenters. The van der Waals surface area contributed by atoms with Crippen LogP contribution in [-0.2, 0) is 5.41 Å². The van der Waals surface area contributed by atoms with Gasteiger partial charge in [-0.05, 0) is 36.4 Å². The van der Waals surface area contributed by atoms with E-state index in [1.54, 1.807) is 47.1 Å². The summed E-state index contributed by atoms with van der Waals surface area (Å²) in [7, 11) is 0. The molecule has 1 aromatic heterocycles. The van der Waals surface area contributed by atoms with Gasteiger partial charge in [-0.2, -0.15) is 5.10 Å². The Labute approximate surface area is 162 Å². The van der Waals surface area contributed by atoms with Crippen LogP contribution < -0.4 is 10.1 Å². The summed E-state index contributed by atoms with van der Waals surface area (Å²) >= 11 is 0. The molecular weight excluding hydrogens is 358 g/mol. The molecule has 0 atom stereocenters. The predicted molar refractivity (Wildman–Crippen MR) is 105 cm³/mol. The summed E-state index contributed by atoms with van der Waals surface area (Å²) in [6.07, 6.45) is -0.644. The number of carboxylic acid groups (broad SMARTS) is 1. The quantitative estimate of drug-likeness (QED) is 0.697. The van der Waals surface area contributed by atoms with E-state index in [0.29, 0.717) is 17.3 Å². The number of carbonyl (C=O) groups excluding carboxylic acids is 1. The standard InChI is InChI=1S/C21H21N3O4/c1-21(2,3)17-13-18(22-20(27)28-16-7-5-4-6-8-16)24(23-17)15-11-9-14(10-12-15)19(25)26/h4-13H,1-3H3,(H,22,27)(H,25,26). The van der Waals surface area contributed by atoms with Crippen molar-refractivity contribution in [1.82, 2.24) is 9.78 Å². The number of benzene rings is 2. The van der Waals surface area contributed by atoms with Crippen molar-refractivity contribution in [3.8, 4) is 11.4 Å². The van der Waals surface area contributed by atoms with Crippen molar-refractivity contribution in [2.24, 2.45) is 0 Å². The number of para-hydroxylation sites is 1. The van der Waals surface area contributed by atoms with Gasteiger partial charge in [0.15, 0.2) is 0 Å². The van der Waals surface area contributed by atoms with Crippen molar-refractivity contribution in [1.29, 1.82) is 0 Å². The minimum absolute atomic E-state index is 0.171. The predicted octanol–water partition coefficient (Wildman–Crippen LogP) is 4.48. The molecule has 7 heteroatoms. The average Bonchev–Trinajstić information content (AvgIpc) is 3.06. The Morgan fingerprint density at radius 2 is 1.68 bits per heavy atom. The average molecular weight is 379 g/mol. The summed E-state index contributed by atoms with van der Waals surface area (Å²) in [6.45, 7) is 6.04. The van der Waals surface area contributed by atoms with Gasteiger partial charge >= 0.3 is 12.1 Å². The molecule has 0 saturated carbocycles. The lowest BCUT2D eigenvalue weighted by molar-refractivity contribution is 0.0697. The lowest BCUT2D eigenvalue weighted by atomic mass is 9.92. The fourth-order valence-electron chi connectivity index (χ4n) is 2.50. The van der Waals surface area contributed by atoms with Crippen LogP contribution in [0.4, 0.5) is 10.6 Å². The van der Waals surface area contributed by atoms with E-state index in [1.807, 2.05) is 26.8 Å². The molecule has 3 aromatic rings. The normalized spacial score (nSPS) is 11.1. The number of carboxylic acids is 1. The summed E-state index contributed by atoms with van der Waals surface area (Å²) in [6, 6.07) is 16.8. The lowest BCUT2D eigenvalue weighted by Gasteiger charge is -2.14. The Hall–Kier alpha value is -3.61. The number of hydrogen-bond acceptors (Lipinski definition) is 4. The molecule has 1 amide bonds. The number of nitrogens with zero attached hydrogens (tertiary/aromatic N) is 2. The SMILES string of the molecule is CC(C)(C)c1cc(NC(=O)Oc2ccccc2)n(-c2ccc(C(=O)O)cc2)n1. The van der Waals surface area contributed by atoms with Gasteiger partial charge in [0.05, 0.1) is 16.9 Å². The van der Waals surface area contributed by atoms with Crippen LogP contribution in [0.25, 0.3) is 5.69 Å². The van der Waals surface area contributed by atoms with Crippen molar-refractivity contribution in [2.45, 2.75) is 26.2 Å². The van der Waals surface area contributed by atoms with Gasteiger partial charge in [0.1, 0.15) is 11.6 Å². The largest absolute Gasteiger partial charge is 0.478 e.